The van der Waals surface area contributed by atoms with Gasteiger partial charge in [0.1, 0.15) is 0 Å². The van der Waals surface area contributed by atoms with Gasteiger partial charge in [0.25, 0.3) is 0 Å². The molecule has 1 amide bonds. The van der Waals surface area contributed by atoms with Crippen LogP contribution in [0.5, 0.6) is 0 Å². The fourth-order valence-electron chi connectivity index (χ4n) is 2.15. The fraction of sp³-hybridized carbons (Fsp3) is 0.846. The van der Waals surface area contributed by atoms with Gasteiger partial charge in [-0.05, 0) is 20.9 Å². The van der Waals surface area contributed by atoms with Crippen molar-refractivity contribution in [1.29, 1.82) is 0 Å². The van der Waals surface area contributed by atoms with E-state index in [1.807, 2.05) is 0 Å². The monoisotopic (exact) mass is 271 g/mol. The number of rotatable bonds is 6. The topological polar surface area (TPSA) is 72.9 Å². The van der Waals surface area contributed by atoms with Crippen molar-refractivity contribution in [2.24, 2.45) is 0 Å². The number of carboxylic acids is 1. The molecule has 2 N–H and O–H groups in total. The highest BCUT2D eigenvalue weighted by Gasteiger charge is 2.29. The summed E-state index contributed by atoms with van der Waals surface area (Å²) < 4.78 is 0. The van der Waals surface area contributed by atoms with Crippen LogP contribution >= 0.6 is 0 Å². The number of carbonyl (C=O) groups is 2. The first kappa shape index (κ1) is 15.9. The zero-order valence-corrected chi connectivity index (χ0v) is 12.1. The lowest BCUT2D eigenvalue weighted by molar-refractivity contribution is -0.138. The van der Waals surface area contributed by atoms with Crippen LogP contribution in [0.15, 0.2) is 0 Å². The molecular formula is C13H25N3O3. The van der Waals surface area contributed by atoms with Gasteiger partial charge in [0, 0.05) is 44.7 Å². The Morgan fingerprint density at radius 2 is 1.74 bits per heavy atom. The molecule has 1 rings (SSSR count). The molecule has 0 bridgehead atoms. The van der Waals surface area contributed by atoms with Crippen LogP contribution < -0.4 is 5.32 Å². The molecule has 0 aromatic carbocycles. The van der Waals surface area contributed by atoms with Crippen molar-refractivity contribution in [2.75, 3.05) is 39.8 Å². The third kappa shape index (κ3) is 5.57. The van der Waals surface area contributed by atoms with Gasteiger partial charge >= 0.3 is 5.97 Å². The first-order valence-electron chi connectivity index (χ1n) is 6.73. The Balaban J connectivity index is 2.33. The van der Waals surface area contributed by atoms with Crippen molar-refractivity contribution in [1.82, 2.24) is 15.1 Å². The van der Waals surface area contributed by atoms with E-state index in [1.165, 1.54) is 0 Å². The van der Waals surface area contributed by atoms with E-state index in [9.17, 15) is 9.59 Å². The molecule has 6 heteroatoms. The highest BCUT2D eigenvalue weighted by atomic mass is 16.4. The van der Waals surface area contributed by atoms with Crippen molar-refractivity contribution < 1.29 is 14.7 Å². The maximum absolute atomic E-state index is 11.5. The average Bonchev–Trinajstić information content (AvgIpc) is 2.34. The number of likely N-dealkylation sites (N-methyl/N-ethyl adjacent to an activating group) is 1. The van der Waals surface area contributed by atoms with Gasteiger partial charge in [0.05, 0.1) is 6.42 Å². The maximum Gasteiger partial charge on any atom is 0.303 e. The van der Waals surface area contributed by atoms with E-state index in [0.717, 1.165) is 26.2 Å². The molecule has 0 radical (unpaired) electrons. The van der Waals surface area contributed by atoms with Gasteiger partial charge in [-0.15, -0.1) is 0 Å². The second-order valence-corrected chi connectivity index (χ2v) is 5.77. The predicted octanol–water partition coefficient (Wildman–Crippen LogP) is -0.00660. The Bertz CT molecular complexity index is 323. The van der Waals surface area contributed by atoms with Gasteiger partial charge in [0.2, 0.25) is 5.91 Å². The highest BCUT2D eigenvalue weighted by Crippen LogP contribution is 2.15. The quantitative estimate of drug-likeness (QED) is 0.711. The number of hydrogen-bond donors (Lipinski definition) is 2. The van der Waals surface area contributed by atoms with E-state index in [0.29, 0.717) is 6.54 Å². The summed E-state index contributed by atoms with van der Waals surface area (Å²) >= 11 is 0. The van der Waals surface area contributed by atoms with Crippen molar-refractivity contribution in [3.8, 4) is 0 Å². The van der Waals surface area contributed by atoms with E-state index in [-0.39, 0.29) is 24.3 Å². The molecule has 110 valence electrons. The van der Waals surface area contributed by atoms with Crippen molar-refractivity contribution in [3.05, 3.63) is 0 Å². The summed E-state index contributed by atoms with van der Waals surface area (Å²) in [5.74, 6) is -1.13. The molecule has 1 aliphatic rings. The number of amides is 1. The summed E-state index contributed by atoms with van der Waals surface area (Å²) in [4.78, 5) is 26.6. The number of nitrogens with one attached hydrogen (secondary N) is 1. The minimum Gasteiger partial charge on any atom is -0.481 e. The third-order valence-corrected chi connectivity index (χ3v) is 3.64. The minimum absolute atomic E-state index is 0.0498. The lowest BCUT2D eigenvalue weighted by Gasteiger charge is -2.43. The smallest absolute Gasteiger partial charge is 0.303 e. The van der Waals surface area contributed by atoms with Gasteiger partial charge in [-0.1, -0.05) is 0 Å². The Morgan fingerprint density at radius 3 is 2.26 bits per heavy atom. The summed E-state index contributed by atoms with van der Waals surface area (Å²) in [6.07, 6.45) is -0.0606. The average molecular weight is 271 g/mol. The summed E-state index contributed by atoms with van der Waals surface area (Å²) in [7, 11) is 2.11. The van der Waals surface area contributed by atoms with Gasteiger partial charge in [-0.25, -0.2) is 0 Å². The molecule has 1 saturated heterocycles. The molecule has 1 heterocycles. The van der Waals surface area contributed by atoms with E-state index in [4.69, 9.17) is 5.11 Å². The molecule has 0 spiro atoms. The lowest BCUT2D eigenvalue weighted by Crippen LogP contribution is -2.57. The summed E-state index contributed by atoms with van der Waals surface area (Å²) in [6, 6.07) is 0. The predicted molar refractivity (Wildman–Crippen MR) is 73.0 cm³/mol. The van der Waals surface area contributed by atoms with Crippen LogP contribution in [0.3, 0.4) is 0 Å². The van der Waals surface area contributed by atoms with Crippen LogP contribution in [-0.4, -0.2) is 72.1 Å². The Hall–Kier alpha value is -1.14. The van der Waals surface area contributed by atoms with Gasteiger partial charge < -0.3 is 15.3 Å². The fourth-order valence-corrected chi connectivity index (χ4v) is 2.15. The number of nitrogens with zero attached hydrogens (tertiary/aromatic N) is 2. The molecule has 6 nitrogen and oxygen atoms in total. The van der Waals surface area contributed by atoms with Gasteiger partial charge in [-0.2, -0.15) is 0 Å². The van der Waals surface area contributed by atoms with Crippen molar-refractivity contribution in [3.63, 3.8) is 0 Å². The molecule has 0 atom stereocenters. The second-order valence-electron chi connectivity index (χ2n) is 5.77. The molecule has 19 heavy (non-hydrogen) atoms. The van der Waals surface area contributed by atoms with Crippen LogP contribution in [-0.2, 0) is 9.59 Å². The maximum atomic E-state index is 11.5. The SMILES string of the molecule is CN1CCN(C(C)(C)CNC(=O)CCC(=O)O)CC1. The largest absolute Gasteiger partial charge is 0.481 e. The number of hydrogen-bond acceptors (Lipinski definition) is 4. The van der Waals surface area contributed by atoms with E-state index in [2.05, 4.69) is 36.0 Å². The number of aliphatic carboxylic acids is 1. The van der Waals surface area contributed by atoms with E-state index in [1.54, 1.807) is 0 Å². The van der Waals surface area contributed by atoms with E-state index >= 15 is 0 Å². The van der Waals surface area contributed by atoms with E-state index < -0.39 is 5.97 Å². The molecule has 1 aliphatic heterocycles. The molecule has 0 aromatic heterocycles. The number of piperazine rings is 1. The van der Waals surface area contributed by atoms with Crippen LogP contribution in [0.25, 0.3) is 0 Å². The number of carboxylic acid groups (broad SMARTS) is 1. The van der Waals surface area contributed by atoms with Crippen LogP contribution in [0, 0.1) is 0 Å². The van der Waals surface area contributed by atoms with Crippen molar-refractivity contribution >= 4 is 11.9 Å². The molecular weight excluding hydrogens is 246 g/mol. The summed E-state index contributed by atoms with van der Waals surface area (Å²) in [5, 5.41) is 11.4. The Morgan fingerprint density at radius 1 is 1.16 bits per heavy atom. The minimum atomic E-state index is -0.937. The van der Waals surface area contributed by atoms with Crippen molar-refractivity contribution in [2.45, 2.75) is 32.2 Å². The van der Waals surface area contributed by atoms with Crippen LogP contribution in [0.2, 0.25) is 0 Å². The number of carbonyl (C=O) groups excluding carboxylic acids is 1. The molecule has 0 aliphatic carbocycles. The van der Waals surface area contributed by atoms with Gasteiger partial charge in [0.15, 0.2) is 0 Å². The zero-order chi connectivity index (χ0) is 14.5. The third-order valence-electron chi connectivity index (χ3n) is 3.64. The molecule has 1 fully saturated rings. The summed E-state index contributed by atoms with van der Waals surface area (Å²) in [6.45, 7) is 8.83. The highest BCUT2D eigenvalue weighted by molar-refractivity contribution is 5.80. The zero-order valence-electron chi connectivity index (χ0n) is 12.1. The first-order chi connectivity index (χ1) is 8.81. The van der Waals surface area contributed by atoms with Gasteiger partial charge in [-0.3, -0.25) is 14.5 Å². The van der Waals surface area contributed by atoms with Crippen LogP contribution in [0.1, 0.15) is 26.7 Å². The first-order valence-corrected chi connectivity index (χ1v) is 6.73. The molecule has 0 aromatic rings. The molecule has 0 unspecified atom stereocenters. The molecule has 0 saturated carbocycles. The normalized spacial score (nSPS) is 18.3. The second kappa shape index (κ2) is 6.86. The Kier molecular flexibility index (Phi) is 5.75. The van der Waals surface area contributed by atoms with Crippen LogP contribution in [0.4, 0.5) is 0 Å². The lowest BCUT2D eigenvalue weighted by atomic mass is 10.0. The summed E-state index contributed by atoms with van der Waals surface area (Å²) in [5.41, 5.74) is -0.0971. The Labute approximate surface area is 114 Å². The standard InChI is InChI=1S/C13H25N3O3/c1-13(2,16-8-6-15(3)7-9-16)10-14-11(17)4-5-12(18)19/h4-10H2,1-3H3,(H,14,17)(H,18,19).